The Kier molecular flexibility index (Phi) is 6.27. The Labute approximate surface area is 163 Å². The maximum Gasteiger partial charge on any atom is 0.251 e. The Balaban J connectivity index is 1.42. The van der Waals surface area contributed by atoms with E-state index in [4.69, 9.17) is 0 Å². The molecule has 27 heavy (non-hydrogen) atoms. The third-order valence-electron chi connectivity index (χ3n) is 5.40. The van der Waals surface area contributed by atoms with Gasteiger partial charge in [-0.15, -0.1) is 0 Å². The summed E-state index contributed by atoms with van der Waals surface area (Å²) >= 11 is 0. The average Bonchev–Trinajstić information content (AvgIpc) is 2.67. The van der Waals surface area contributed by atoms with Gasteiger partial charge in [-0.25, -0.2) is 0 Å². The summed E-state index contributed by atoms with van der Waals surface area (Å²) in [4.78, 5) is 19.1. The van der Waals surface area contributed by atoms with Crippen molar-refractivity contribution in [1.29, 1.82) is 0 Å². The quantitative estimate of drug-likeness (QED) is 0.870. The lowest BCUT2D eigenvalue weighted by molar-refractivity contribution is 0.0935. The highest BCUT2D eigenvalue weighted by molar-refractivity contribution is 5.94. The fraction of sp³-hybridized carbons (Fsp3) is 0.478. The largest absolute Gasteiger partial charge is 0.352 e. The molecule has 0 unspecified atom stereocenters. The second kappa shape index (κ2) is 8.66. The number of carbonyl (C=O) groups is 1. The third-order valence-corrected chi connectivity index (χ3v) is 5.40. The van der Waals surface area contributed by atoms with E-state index in [0.717, 1.165) is 44.6 Å². The van der Waals surface area contributed by atoms with Gasteiger partial charge in [0.25, 0.3) is 5.91 Å². The van der Waals surface area contributed by atoms with E-state index in [-0.39, 0.29) is 11.3 Å². The van der Waals surface area contributed by atoms with Crippen LogP contribution in [0.3, 0.4) is 0 Å². The van der Waals surface area contributed by atoms with Crippen LogP contribution in [0.4, 0.5) is 0 Å². The summed E-state index contributed by atoms with van der Waals surface area (Å²) in [6.07, 6.45) is 6.01. The normalized spacial score (nSPS) is 16.3. The fourth-order valence-electron chi connectivity index (χ4n) is 3.56. The first-order valence-corrected chi connectivity index (χ1v) is 9.92. The maximum absolute atomic E-state index is 12.4. The van der Waals surface area contributed by atoms with E-state index in [0.29, 0.717) is 5.92 Å². The molecule has 4 heteroatoms. The van der Waals surface area contributed by atoms with Crippen LogP contribution >= 0.6 is 0 Å². The minimum Gasteiger partial charge on any atom is -0.352 e. The van der Waals surface area contributed by atoms with Gasteiger partial charge in [0.05, 0.1) is 0 Å². The molecule has 4 nitrogen and oxygen atoms in total. The minimum atomic E-state index is 0.0354. The molecule has 0 atom stereocenters. The molecule has 1 aliphatic heterocycles. The van der Waals surface area contributed by atoms with Crippen LogP contribution in [0.5, 0.6) is 0 Å². The molecule has 1 amide bonds. The Hall–Kier alpha value is -2.20. The number of nitrogens with zero attached hydrogens (tertiary/aromatic N) is 2. The molecule has 0 saturated carbocycles. The van der Waals surface area contributed by atoms with Crippen molar-refractivity contribution in [2.45, 2.75) is 45.6 Å². The minimum absolute atomic E-state index is 0.0354. The van der Waals surface area contributed by atoms with Crippen LogP contribution in [0.1, 0.15) is 55.1 Å². The molecule has 2 heterocycles. The zero-order valence-corrected chi connectivity index (χ0v) is 16.7. The molecule has 1 fully saturated rings. The van der Waals surface area contributed by atoms with Gasteiger partial charge in [-0.2, -0.15) is 0 Å². The number of carbonyl (C=O) groups excluding carboxylic acids is 1. The lowest BCUT2D eigenvalue weighted by atomic mass is 9.86. The molecule has 0 aliphatic carbocycles. The molecule has 1 N–H and O–H groups in total. The van der Waals surface area contributed by atoms with Crippen molar-refractivity contribution in [3.05, 3.63) is 65.5 Å². The fourth-order valence-corrected chi connectivity index (χ4v) is 3.56. The molecular weight excluding hydrogens is 334 g/mol. The van der Waals surface area contributed by atoms with Gasteiger partial charge in [-0.05, 0) is 66.6 Å². The van der Waals surface area contributed by atoms with E-state index in [2.05, 4.69) is 54.2 Å². The molecule has 0 radical (unpaired) electrons. The summed E-state index contributed by atoms with van der Waals surface area (Å²) in [5.74, 6) is 0.598. The van der Waals surface area contributed by atoms with Gasteiger partial charge >= 0.3 is 0 Å². The Morgan fingerprint density at radius 1 is 1.15 bits per heavy atom. The second-order valence-electron chi connectivity index (χ2n) is 8.62. The van der Waals surface area contributed by atoms with E-state index in [1.54, 1.807) is 0 Å². The number of benzene rings is 1. The summed E-state index contributed by atoms with van der Waals surface area (Å²) < 4.78 is 0. The van der Waals surface area contributed by atoms with Crippen molar-refractivity contribution in [1.82, 2.24) is 15.2 Å². The zero-order chi connectivity index (χ0) is 19.3. The van der Waals surface area contributed by atoms with E-state index in [1.165, 1.54) is 11.1 Å². The maximum atomic E-state index is 12.4. The number of rotatable bonds is 5. The van der Waals surface area contributed by atoms with Gasteiger partial charge < -0.3 is 5.32 Å². The average molecular weight is 366 g/mol. The first-order chi connectivity index (χ1) is 12.9. The van der Waals surface area contributed by atoms with Crippen LogP contribution in [0, 0.1) is 5.92 Å². The predicted molar refractivity (Wildman–Crippen MR) is 110 cm³/mol. The van der Waals surface area contributed by atoms with Gasteiger partial charge in [-0.3, -0.25) is 14.7 Å². The summed E-state index contributed by atoms with van der Waals surface area (Å²) in [6.45, 7) is 10.4. The Morgan fingerprint density at radius 3 is 2.44 bits per heavy atom. The molecule has 3 rings (SSSR count). The zero-order valence-electron chi connectivity index (χ0n) is 16.7. The van der Waals surface area contributed by atoms with Crippen molar-refractivity contribution in [3.63, 3.8) is 0 Å². The molecule has 1 aromatic heterocycles. The second-order valence-corrected chi connectivity index (χ2v) is 8.62. The van der Waals surface area contributed by atoms with Crippen LogP contribution in [0.15, 0.2) is 48.8 Å². The number of aromatic nitrogens is 1. The van der Waals surface area contributed by atoms with E-state index in [9.17, 15) is 4.79 Å². The van der Waals surface area contributed by atoms with E-state index in [1.807, 2.05) is 30.6 Å². The van der Waals surface area contributed by atoms with Crippen LogP contribution in [-0.4, -0.2) is 35.4 Å². The van der Waals surface area contributed by atoms with Gasteiger partial charge in [-0.1, -0.05) is 39.0 Å². The van der Waals surface area contributed by atoms with Crippen molar-refractivity contribution < 1.29 is 4.79 Å². The number of likely N-dealkylation sites (tertiary alicyclic amines) is 1. The van der Waals surface area contributed by atoms with Crippen molar-refractivity contribution in [2.24, 2.45) is 5.92 Å². The lowest BCUT2D eigenvalue weighted by Gasteiger charge is -2.32. The molecule has 0 spiro atoms. The summed E-state index contributed by atoms with van der Waals surface area (Å²) in [5.41, 5.74) is 3.37. The van der Waals surface area contributed by atoms with Gasteiger partial charge in [0, 0.05) is 31.0 Å². The number of hydrogen-bond donors (Lipinski definition) is 1. The first-order valence-electron chi connectivity index (χ1n) is 9.92. The SMILES string of the molecule is CC(C)(C)c1ccc(C(=O)NCC2CCN(Cc3cccnc3)CC2)cc1. The highest BCUT2D eigenvalue weighted by Gasteiger charge is 2.20. The first kappa shape index (κ1) is 19.6. The van der Waals surface area contributed by atoms with E-state index < -0.39 is 0 Å². The summed E-state index contributed by atoms with van der Waals surface area (Å²) in [7, 11) is 0. The molecule has 0 bridgehead atoms. The topological polar surface area (TPSA) is 45.2 Å². The highest BCUT2D eigenvalue weighted by Crippen LogP contribution is 2.22. The molecular formula is C23H31N3O. The lowest BCUT2D eigenvalue weighted by Crippen LogP contribution is -2.38. The predicted octanol–water partition coefficient (Wildman–Crippen LogP) is 4.02. The third kappa shape index (κ3) is 5.64. The monoisotopic (exact) mass is 365 g/mol. The van der Waals surface area contributed by atoms with Crippen LogP contribution in [0.25, 0.3) is 0 Å². The highest BCUT2D eigenvalue weighted by atomic mass is 16.1. The van der Waals surface area contributed by atoms with Crippen molar-refractivity contribution in [3.8, 4) is 0 Å². The molecule has 1 saturated heterocycles. The number of piperidine rings is 1. The smallest absolute Gasteiger partial charge is 0.251 e. The molecule has 2 aromatic rings. The van der Waals surface area contributed by atoms with E-state index >= 15 is 0 Å². The standard InChI is InChI=1S/C23H31N3O/c1-23(2,3)21-8-6-20(7-9-21)22(27)25-16-18-10-13-26(14-11-18)17-19-5-4-12-24-15-19/h4-9,12,15,18H,10-11,13-14,16-17H2,1-3H3,(H,25,27). The van der Waals surface area contributed by atoms with Gasteiger partial charge in [0.15, 0.2) is 0 Å². The number of hydrogen-bond acceptors (Lipinski definition) is 3. The molecule has 1 aliphatic rings. The van der Waals surface area contributed by atoms with Crippen LogP contribution < -0.4 is 5.32 Å². The Bertz CT molecular complexity index is 726. The Morgan fingerprint density at radius 2 is 1.85 bits per heavy atom. The molecule has 144 valence electrons. The number of amides is 1. The number of nitrogens with one attached hydrogen (secondary N) is 1. The number of pyridine rings is 1. The summed E-state index contributed by atoms with van der Waals surface area (Å²) in [6, 6.07) is 12.1. The molecule has 1 aromatic carbocycles. The van der Waals surface area contributed by atoms with Crippen molar-refractivity contribution >= 4 is 5.91 Å². The van der Waals surface area contributed by atoms with Crippen LogP contribution in [-0.2, 0) is 12.0 Å². The summed E-state index contributed by atoms with van der Waals surface area (Å²) in [5, 5.41) is 3.12. The van der Waals surface area contributed by atoms with Gasteiger partial charge in [0.2, 0.25) is 0 Å². The van der Waals surface area contributed by atoms with Gasteiger partial charge in [0.1, 0.15) is 0 Å². The van der Waals surface area contributed by atoms with Crippen molar-refractivity contribution in [2.75, 3.05) is 19.6 Å². The van der Waals surface area contributed by atoms with Crippen LogP contribution in [0.2, 0.25) is 0 Å².